The molecular formula is C28H26ClN5O5S. The molecule has 2 aromatic heterocycles. The first-order chi connectivity index (χ1) is 19.2. The van der Waals surface area contributed by atoms with Gasteiger partial charge in [0.2, 0.25) is 10.0 Å². The van der Waals surface area contributed by atoms with E-state index in [-0.39, 0.29) is 30.3 Å². The van der Waals surface area contributed by atoms with E-state index in [1.54, 1.807) is 85.2 Å². The number of aryl methyl sites for hydroxylation is 1. The summed E-state index contributed by atoms with van der Waals surface area (Å²) in [6.45, 7) is 2.05. The van der Waals surface area contributed by atoms with Crippen molar-refractivity contribution in [2.45, 2.75) is 31.5 Å². The predicted octanol–water partition coefficient (Wildman–Crippen LogP) is 3.79. The van der Waals surface area contributed by atoms with Crippen molar-refractivity contribution in [1.29, 1.82) is 0 Å². The molecule has 2 aromatic carbocycles. The Labute approximate surface area is 236 Å². The van der Waals surface area contributed by atoms with Gasteiger partial charge in [-0.05, 0) is 60.5 Å². The molecule has 0 atom stereocenters. The number of nitrogens with zero attached hydrogens (tertiary/aromatic N) is 3. The number of nitrogens with one attached hydrogen (secondary N) is 2. The molecule has 0 fully saturated rings. The molecule has 12 heteroatoms. The van der Waals surface area contributed by atoms with Crippen LogP contribution in [0.25, 0.3) is 0 Å². The van der Waals surface area contributed by atoms with Crippen LogP contribution in [0.1, 0.15) is 28.2 Å². The first-order valence-electron chi connectivity index (χ1n) is 12.1. The quantitative estimate of drug-likeness (QED) is 0.167. The zero-order chi connectivity index (χ0) is 28.5. The molecular weight excluding hydrogens is 554 g/mol. The fourth-order valence-electron chi connectivity index (χ4n) is 3.57. The molecule has 0 aliphatic carbocycles. The molecule has 206 valence electrons. The van der Waals surface area contributed by atoms with Crippen LogP contribution in [0.4, 0.5) is 0 Å². The van der Waals surface area contributed by atoms with Gasteiger partial charge in [0.05, 0.1) is 17.7 Å². The van der Waals surface area contributed by atoms with Crippen LogP contribution in [0.2, 0.25) is 5.02 Å². The summed E-state index contributed by atoms with van der Waals surface area (Å²) in [7, 11) is -3.88. The van der Waals surface area contributed by atoms with Gasteiger partial charge >= 0.3 is 11.8 Å². The summed E-state index contributed by atoms with van der Waals surface area (Å²) in [6.07, 6.45) is 4.40. The largest absolute Gasteiger partial charge is 0.459 e. The van der Waals surface area contributed by atoms with Crippen LogP contribution in [0, 0.1) is 6.92 Å². The average molecular weight is 580 g/mol. The summed E-state index contributed by atoms with van der Waals surface area (Å²) < 4.78 is 34.1. The summed E-state index contributed by atoms with van der Waals surface area (Å²) in [5, 5.41) is 6.77. The molecule has 10 nitrogen and oxygen atoms in total. The summed E-state index contributed by atoms with van der Waals surface area (Å²) in [4.78, 5) is 28.1. The van der Waals surface area contributed by atoms with E-state index >= 15 is 0 Å². The van der Waals surface area contributed by atoms with Crippen molar-refractivity contribution in [2.75, 3.05) is 0 Å². The first-order valence-corrected chi connectivity index (χ1v) is 13.9. The number of halogens is 1. The molecule has 2 amide bonds. The first kappa shape index (κ1) is 28.7. The maximum absolute atomic E-state index is 13.5. The lowest BCUT2D eigenvalue weighted by Gasteiger charge is -2.21. The average Bonchev–Trinajstić information content (AvgIpc) is 3.40. The van der Waals surface area contributed by atoms with Gasteiger partial charge in [-0.1, -0.05) is 47.5 Å². The van der Waals surface area contributed by atoms with Gasteiger partial charge < -0.3 is 9.73 Å². The Bertz CT molecular complexity index is 1590. The van der Waals surface area contributed by atoms with E-state index in [1.807, 2.05) is 6.92 Å². The predicted molar refractivity (Wildman–Crippen MR) is 150 cm³/mol. The van der Waals surface area contributed by atoms with Crippen molar-refractivity contribution in [2.24, 2.45) is 5.10 Å². The zero-order valence-electron chi connectivity index (χ0n) is 21.5. The number of pyridine rings is 1. The lowest BCUT2D eigenvalue weighted by molar-refractivity contribution is -0.139. The molecule has 2 N–H and O–H groups in total. The summed E-state index contributed by atoms with van der Waals surface area (Å²) in [5.74, 6) is -1.21. The third-order valence-corrected chi connectivity index (χ3v) is 7.74. The fourth-order valence-corrected chi connectivity index (χ4v) is 5.09. The van der Waals surface area contributed by atoms with Gasteiger partial charge in [0.25, 0.3) is 0 Å². The number of hydrazone groups is 1. The Kier molecular flexibility index (Phi) is 9.43. The number of hydrogen-bond acceptors (Lipinski definition) is 7. The molecule has 0 aliphatic rings. The van der Waals surface area contributed by atoms with Gasteiger partial charge in [0, 0.05) is 30.5 Å². The zero-order valence-corrected chi connectivity index (χ0v) is 23.0. The molecule has 0 aliphatic heterocycles. The van der Waals surface area contributed by atoms with Crippen LogP contribution in [-0.4, -0.2) is 35.7 Å². The number of carbonyl (C=O) groups is 2. The summed E-state index contributed by atoms with van der Waals surface area (Å²) >= 11 is 5.99. The number of hydrogen-bond donors (Lipinski definition) is 2. The van der Waals surface area contributed by atoms with Gasteiger partial charge in [-0.3, -0.25) is 14.6 Å². The van der Waals surface area contributed by atoms with Crippen molar-refractivity contribution < 1.29 is 22.4 Å². The minimum atomic E-state index is -3.88. The lowest BCUT2D eigenvalue weighted by Crippen LogP contribution is -2.37. The van der Waals surface area contributed by atoms with Gasteiger partial charge in [-0.2, -0.15) is 9.41 Å². The summed E-state index contributed by atoms with van der Waals surface area (Å²) in [5.41, 5.74) is 4.56. The highest BCUT2D eigenvalue weighted by atomic mass is 35.5. The number of rotatable bonds is 10. The Hall–Kier alpha value is -4.32. The van der Waals surface area contributed by atoms with E-state index in [1.165, 1.54) is 10.5 Å². The second kappa shape index (κ2) is 13.2. The van der Waals surface area contributed by atoms with Crippen molar-refractivity contribution in [3.63, 3.8) is 0 Å². The molecule has 40 heavy (non-hydrogen) atoms. The van der Waals surface area contributed by atoms with Crippen LogP contribution >= 0.6 is 11.6 Å². The Morgan fingerprint density at radius 3 is 2.42 bits per heavy atom. The van der Waals surface area contributed by atoms with E-state index in [9.17, 15) is 18.0 Å². The molecule has 0 bridgehead atoms. The monoisotopic (exact) mass is 579 g/mol. The smallest absolute Gasteiger partial charge is 0.329 e. The Morgan fingerprint density at radius 2 is 1.73 bits per heavy atom. The van der Waals surface area contributed by atoms with E-state index in [0.29, 0.717) is 10.8 Å². The molecule has 2 heterocycles. The van der Waals surface area contributed by atoms with Crippen molar-refractivity contribution in [3.05, 3.63) is 118 Å². The molecule has 0 saturated heterocycles. The Balaban J connectivity index is 1.41. The van der Waals surface area contributed by atoms with Gasteiger partial charge in [0.1, 0.15) is 11.5 Å². The second-order valence-corrected chi connectivity index (χ2v) is 11.1. The van der Waals surface area contributed by atoms with Crippen LogP contribution in [0.3, 0.4) is 0 Å². The van der Waals surface area contributed by atoms with E-state index in [2.05, 4.69) is 20.8 Å². The number of carbonyl (C=O) groups excluding carboxylic acids is 2. The van der Waals surface area contributed by atoms with Crippen LogP contribution < -0.4 is 10.7 Å². The van der Waals surface area contributed by atoms with Crippen LogP contribution in [-0.2, 0) is 39.2 Å². The standard InChI is InChI=1S/C28H26ClN5O5S/c1-20-4-12-26(13-5-20)40(37,38)34(18-21-6-8-23(29)9-7-21)19-25-11-10-24(39-25)17-32-33-28(36)27(35)31-16-22-3-2-14-30-15-22/h2-15,17H,16,18-19H2,1H3,(H,31,35)(H,33,36)/b32-17+. The Morgan fingerprint density at radius 1 is 0.975 bits per heavy atom. The molecule has 4 rings (SSSR count). The van der Waals surface area contributed by atoms with Crippen molar-refractivity contribution >= 4 is 39.7 Å². The minimum Gasteiger partial charge on any atom is -0.459 e. The molecule has 0 saturated carbocycles. The van der Waals surface area contributed by atoms with Crippen molar-refractivity contribution in [1.82, 2.24) is 20.0 Å². The highest BCUT2D eigenvalue weighted by Crippen LogP contribution is 2.23. The SMILES string of the molecule is Cc1ccc(S(=O)(=O)N(Cc2ccc(Cl)cc2)Cc2ccc(/C=N/NC(=O)C(=O)NCc3cccnc3)o2)cc1. The van der Waals surface area contributed by atoms with Crippen molar-refractivity contribution in [3.8, 4) is 0 Å². The lowest BCUT2D eigenvalue weighted by atomic mass is 10.2. The number of benzene rings is 2. The number of sulfonamides is 1. The minimum absolute atomic E-state index is 0.0597. The van der Waals surface area contributed by atoms with E-state index < -0.39 is 21.8 Å². The molecule has 0 unspecified atom stereocenters. The highest BCUT2D eigenvalue weighted by molar-refractivity contribution is 7.89. The van der Waals surface area contributed by atoms with Crippen LogP contribution in [0.15, 0.2) is 99.6 Å². The van der Waals surface area contributed by atoms with E-state index in [4.69, 9.17) is 16.0 Å². The van der Waals surface area contributed by atoms with Gasteiger partial charge in [-0.25, -0.2) is 13.8 Å². The highest BCUT2D eigenvalue weighted by Gasteiger charge is 2.26. The van der Waals surface area contributed by atoms with Gasteiger partial charge in [-0.15, -0.1) is 0 Å². The number of furan rings is 1. The number of amides is 2. The number of aromatic nitrogens is 1. The maximum atomic E-state index is 13.5. The second-order valence-electron chi connectivity index (χ2n) is 8.76. The van der Waals surface area contributed by atoms with Crippen LogP contribution in [0.5, 0.6) is 0 Å². The fraction of sp³-hybridized carbons (Fsp3) is 0.143. The third kappa shape index (κ3) is 7.85. The molecule has 4 aromatic rings. The topological polar surface area (TPSA) is 134 Å². The summed E-state index contributed by atoms with van der Waals surface area (Å²) in [6, 6.07) is 20.2. The third-order valence-electron chi connectivity index (χ3n) is 5.69. The van der Waals surface area contributed by atoms with Gasteiger partial charge in [0.15, 0.2) is 0 Å². The maximum Gasteiger partial charge on any atom is 0.329 e. The van der Waals surface area contributed by atoms with E-state index in [0.717, 1.165) is 16.7 Å². The molecule has 0 spiro atoms. The normalized spacial score (nSPS) is 11.6. The molecule has 0 radical (unpaired) electrons.